The van der Waals surface area contributed by atoms with Crippen LogP contribution in [0.2, 0.25) is 0 Å². The third-order valence-corrected chi connectivity index (χ3v) is 3.08. The maximum Gasteiger partial charge on any atom is 0.323 e. The quantitative estimate of drug-likeness (QED) is 0.894. The number of aliphatic carboxylic acids is 1. The fourth-order valence-corrected chi connectivity index (χ4v) is 2.08. The van der Waals surface area contributed by atoms with E-state index in [2.05, 4.69) is 4.98 Å². The molecule has 0 aliphatic carbocycles. The number of benzene rings is 1. The lowest BCUT2D eigenvalue weighted by atomic mass is 10.3. The molecule has 1 heterocycles. The van der Waals surface area contributed by atoms with E-state index in [9.17, 15) is 9.59 Å². The van der Waals surface area contributed by atoms with E-state index in [1.165, 1.54) is 4.90 Å². The molecule has 106 valence electrons. The van der Waals surface area contributed by atoms with E-state index in [1.807, 2.05) is 24.3 Å². The van der Waals surface area contributed by atoms with Gasteiger partial charge in [-0.2, -0.15) is 0 Å². The van der Waals surface area contributed by atoms with Gasteiger partial charge in [-0.05, 0) is 26.0 Å². The summed E-state index contributed by atoms with van der Waals surface area (Å²) in [5.74, 6) is -1.24. The highest BCUT2D eigenvalue weighted by molar-refractivity contribution is 5.83. The zero-order chi connectivity index (χ0) is 14.7. The van der Waals surface area contributed by atoms with Crippen LogP contribution >= 0.6 is 0 Å². The van der Waals surface area contributed by atoms with Crippen molar-refractivity contribution in [2.45, 2.75) is 26.4 Å². The molecule has 0 atom stereocenters. The van der Waals surface area contributed by atoms with Crippen molar-refractivity contribution < 1.29 is 14.7 Å². The van der Waals surface area contributed by atoms with Crippen LogP contribution in [0.4, 0.5) is 0 Å². The Morgan fingerprint density at radius 2 is 2.05 bits per heavy atom. The molecule has 1 aromatic carbocycles. The van der Waals surface area contributed by atoms with Crippen molar-refractivity contribution in [3.63, 3.8) is 0 Å². The van der Waals surface area contributed by atoms with Crippen molar-refractivity contribution in [2.24, 2.45) is 0 Å². The van der Waals surface area contributed by atoms with Crippen molar-refractivity contribution in [1.82, 2.24) is 14.5 Å². The van der Waals surface area contributed by atoms with Crippen molar-refractivity contribution in [1.29, 1.82) is 0 Å². The van der Waals surface area contributed by atoms with Gasteiger partial charge in [-0.25, -0.2) is 4.98 Å². The molecule has 0 saturated heterocycles. The van der Waals surface area contributed by atoms with Gasteiger partial charge in [0, 0.05) is 6.04 Å². The molecule has 1 N–H and O–H groups in total. The molecule has 1 amide bonds. The summed E-state index contributed by atoms with van der Waals surface area (Å²) in [4.78, 5) is 28.6. The molecule has 1 aromatic heterocycles. The van der Waals surface area contributed by atoms with E-state index in [4.69, 9.17) is 5.11 Å². The fourth-order valence-electron chi connectivity index (χ4n) is 2.08. The third-order valence-electron chi connectivity index (χ3n) is 3.08. The minimum absolute atomic E-state index is 0.0893. The zero-order valence-corrected chi connectivity index (χ0v) is 11.5. The van der Waals surface area contributed by atoms with E-state index >= 15 is 0 Å². The lowest BCUT2D eigenvalue weighted by Gasteiger charge is -2.25. The number of hydrogen-bond donors (Lipinski definition) is 1. The van der Waals surface area contributed by atoms with E-state index in [1.54, 1.807) is 24.7 Å². The Hall–Kier alpha value is -2.37. The topological polar surface area (TPSA) is 75.4 Å². The summed E-state index contributed by atoms with van der Waals surface area (Å²) in [6.45, 7) is 3.40. The Morgan fingerprint density at radius 3 is 2.70 bits per heavy atom. The summed E-state index contributed by atoms with van der Waals surface area (Å²) in [7, 11) is 0. The molecular weight excluding hydrogens is 258 g/mol. The molecular formula is C14H17N3O3. The monoisotopic (exact) mass is 275 g/mol. The number of carboxylic acid groups (broad SMARTS) is 1. The predicted octanol–water partition coefficient (Wildman–Crippen LogP) is 1.36. The Morgan fingerprint density at radius 1 is 1.35 bits per heavy atom. The molecule has 0 bridgehead atoms. The lowest BCUT2D eigenvalue weighted by molar-refractivity contribution is -0.146. The van der Waals surface area contributed by atoms with Crippen molar-refractivity contribution >= 4 is 22.9 Å². The van der Waals surface area contributed by atoms with E-state index in [0.717, 1.165) is 11.0 Å². The Balaban J connectivity index is 2.19. The van der Waals surface area contributed by atoms with Crippen LogP contribution in [0.5, 0.6) is 0 Å². The highest BCUT2D eigenvalue weighted by Gasteiger charge is 2.20. The summed E-state index contributed by atoms with van der Waals surface area (Å²) in [6.07, 6.45) is 1.60. The van der Waals surface area contributed by atoms with Crippen molar-refractivity contribution in [2.75, 3.05) is 6.54 Å². The second-order valence-electron chi connectivity index (χ2n) is 4.87. The Kier molecular flexibility index (Phi) is 4.02. The molecule has 0 saturated carbocycles. The van der Waals surface area contributed by atoms with Crippen LogP contribution in [0.15, 0.2) is 30.6 Å². The van der Waals surface area contributed by atoms with Crippen LogP contribution in [0.3, 0.4) is 0 Å². The Labute approximate surface area is 116 Å². The minimum atomic E-state index is -1.01. The first-order chi connectivity index (χ1) is 9.49. The lowest BCUT2D eigenvalue weighted by Crippen LogP contribution is -2.42. The van der Waals surface area contributed by atoms with Crippen LogP contribution in [0, 0.1) is 0 Å². The van der Waals surface area contributed by atoms with Gasteiger partial charge in [-0.3, -0.25) is 9.59 Å². The first-order valence-corrected chi connectivity index (χ1v) is 6.40. The van der Waals surface area contributed by atoms with Gasteiger partial charge in [-0.15, -0.1) is 0 Å². The number of amides is 1. The summed E-state index contributed by atoms with van der Waals surface area (Å²) < 4.78 is 1.73. The predicted molar refractivity (Wildman–Crippen MR) is 74.2 cm³/mol. The van der Waals surface area contributed by atoms with Crippen LogP contribution in [-0.2, 0) is 16.1 Å². The number of hydrogen-bond acceptors (Lipinski definition) is 3. The molecule has 0 unspecified atom stereocenters. The first kappa shape index (κ1) is 14.0. The number of rotatable bonds is 5. The summed E-state index contributed by atoms with van der Waals surface area (Å²) in [6, 6.07) is 7.35. The number of para-hydroxylation sites is 2. The molecule has 0 aliphatic rings. The van der Waals surface area contributed by atoms with Gasteiger partial charge in [0.1, 0.15) is 13.1 Å². The van der Waals surface area contributed by atoms with Crippen LogP contribution in [0.1, 0.15) is 13.8 Å². The van der Waals surface area contributed by atoms with Crippen LogP contribution in [0.25, 0.3) is 11.0 Å². The fraction of sp³-hybridized carbons (Fsp3) is 0.357. The van der Waals surface area contributed by atoms with E-state index < -0.39 is 5.97 Å². The zero-order valence-electron chi connectivity index (χ0n) is 11.5. The second-order valence-corrected chi connectivity index (χ2v) is 4.87. The molecule has 0 spiro atoms. The number of fused-ring (bicyclic) bond motifs is 1. The maximum atomic E-state index is 12.2. The van der Waals surface area contributed by atoms with Crippen LogP contribution in [-0.4, -0.2) is 44.0 Å². The standard InChI is InChI=1S/C14H17N3O3/c1-10(2)17(8-14(19)20)13(18)7-16-9-15-11-5-3-4-6-12(11)16/h3-6,9-10H,7-8H2,1-2H3,(H,19,20). The number of aromatic nitrogens is 2. The van der Waals surface area contributed by atoms with Gasteiger partial charge in [0.05, 0.1) is 17.4 Å². The van der Waals surface area contributed by atoms with E-state index in [0.29, 0.717) is 0 Å². The molecule has 6 nitrogen and oxygen atoms in total. The first-order valence-electron chi connectivity index (χ1n) is 6.40. The van der Waals surface area contributed by atoms with Gasteiger partial charge in [0.15, 0.2) is 0 Å². The number of nitrogens with zero attached hydrogens (tertiary/aromatic N) is 3. The smallest absolute Gasteiger partial charge is 0.323 e. The average molecular weight is 275 g/mol. The van der Waals surface area contributed by atoms with Gasteiger partial charge in [0.2, 0.25) is 5.91 Å². The number of carbonyl (C=O) groups is 2. The molecule has 20 heavy (non-hydrogen) atoms. The number of carbonyl (C=O) groups excluding carboxylic acids is 1. The normalized spacial score (nSPS) is 10.9. The summed E-state index contributed by atoms with van der Waals surface area (Å²) in [5.41, 5.74) is 1.68. The second kappa shape index (κ2) is 5.73. The molecule has 0 fully saturated rings. The molecule has 0 aliphatic heterocycles. The molecule has 0 radical (unpaired) electrons. The number of imidazole rings is 1. The number of carboxylic acids is 1. The highest BCUT2D eigenvalue weighted by Crippen LogP contribution is 2.12. The molecule has 2 aromatic rings. The Bertz CT molecular complexity index is 633. The van der Waals surface area contributed by atoms with Crippen LogP contribution < -0.4 is 0 Å². The van der Waals surface area contributed by atoms with Gasteiger partial charge in [-0.1, -0.05) is 12.1 Å². The minimum Gasteiger partial charge on any atom is -0.480 e. The van der Waals surface area contributed by atoms with Gasteiger partial charge >= 0.3 is 5.97 Å². The SMILES string of the molecule is CC(C)N(CC(=O)O)C(=O)Cn1cnc2ccccc21. The molecule has 6 heteroatoms. The highest BCUT2D eigenvalue weighted by atomic mass is 16.4. The molecule has 2 rings (SSSR count). The summed E-state index contributed by atoms with van der Waals surface area (Å²) >= 11 is 0. The summed E-state index contributed by atoms with van der Waals surface area (Å²) in [5, 5.41) is 8.87. The van der Waals surface area contributed by atoms with Crippen molar-refractivity contribution in [3.8, 4) is 0 Å². The average Bonchev–Trinajstić information content (AvgIpc) is 2.79. The van der Waals surface area contributed by atoms with E-state index in [-0.39, 0.29) is 25.0 Å². The largest absolute Gasteiger partial charge is 0.480 e. The third kappa shape index (κ3) is 2.96. The van der Waals surface area contributed by atoms with Crippen molar-refractivity contribution in [3.05, 3.63) is 30.6 Å². The van der Waals surface area contributed by atoms with Gasteiger partial charge in [0.25, 0.3) is 0 Å². The maximum absolute atomic E-state index is 12.2. The van der Waals surface area contributed by atoms with Gasteiger partial charge < -0.3 is 14.6 Å².